The van der Waals surface area contributed by atoms with Crippen LogP contribution in [-0.4, -0.2) is 35.7 Å². The first-order chi connectivity index (χ1) is 16.4. The summed E-state index contributed by atoms with van der Waals surface area (Å²) in [4.78, 5) is 12.1. The van der Waals surface area contributed by atoms with Crippen molar-refractivity contribution in [2.24, 2.45) is 23.7 Å². The maximum atomic E-state index is 6.50. The molecule has 5 fully saturated rings. The Morgan fingerprint density at radius 2 is 1.91 bits per heavy atom. The number of benzene rings is 1. The maximum absolute atomic E-state index is 6.50. The fourth-order valence-electron chi connectivity index (χ4n) is 6.63. The van der Waals surface area contributed by atoms with E-state index < -0.39 is 17.7 Å². The van der Waals surface area contributed by atoms with Crippen molar-refractivity contribution < 1.29 is 28.5 Å². The standard InChI is InChI=1S/C26H32ClNO6/c1-15-4-9-21-16(2)23(31-24-26(21)20(15)10-12-25(3,32-24)33-34-26)29-13-11-18-14-30-28-22(18)17-5-7-19(27)8-6-17/h5-8,14-16,20-21,23-24H,4,9-13H2,1-3H3/t15-,16-,20+,21+,23+,24-,25-,26-/m1/s1. The van der Waals surface area contributed by atoms with Gasteiger partial charge in [0.25, 0.3) is 0 Å². The zero-order chi connectivity index (χ0) is 23.5. The van der Waals surface area contributed by atoms with Crippen LogP contribution in [0.3, 0.4) is 0 Å². The normalized spacial score (nSPS) is 41.2. The number of halogens is 1. The van der Waals surface area contributed by atoms with Gasteiger partial charge in [0.1, 0.15) is 12.0 Å². The van der Waals surface area contributed by atoms with Crippen LogP contribution >= 0.6 is 11.6 Å². The Kier molecular flexibility index (Phi) is 5.79. The SMILES string of the molecule is C[C@H]1[C@@H](OCCc2conc2-c2ccc(Cl)cc2)O[C@@H]2O[C@@]3(C)CC[C@H]4[C@H](C)CC[C@@H]1[C@@]24OO3. The molecule has 2 bridgehead atoms. The molecule has 4 saturated heterocycles. The van der Waals surface area contributed by atoms with Gasteiger partial charge in [-0.1, -0.05) is 42.7 Å². The summed E-state index contributed by atoms with van der Waals surface area (Å²) in [5.41, 5.74) is 2.20. The van der Waals surface area contributed by atoms with Gasteiger partial charge in [-0.15, -0.1) is 0 Å². The van der Waals surface area contributed by atoms with Crippen molar-refractivity contribution in [3.05, 3.63) is 41.1 Å². The molecule has 7 rings (SSSR count). The lowest BCUT2D eigenvalue weighted by Crippen LogP contribution is -2.70. The predicted octanol–water partition coefficient (Wildman–Crippen LogP) is 5.76. The Hall–Kier alpha value is -1.48. The van der Waals surface area contributed by atoms with E-state index in [9.17, 15) is 0 Å². The Bertz CT molecular complexity index is 1030. The second-order valence-electron chi connectivity index (χ2n) is 10.6. The highest BCUT2D eigenvalue weighted by molar-refractivity contribution is 6.30. The van der Waals surface area contributed by atoms with Crippen LogP contribution < -0.4 is 0 Å². The van der Waals surface area contributed by atoms with Crippen molar-refractivity contribution >= 4 is 11.6 Å². The molecule has 184 valence electrons. The van der Waals surface area contributed by atoms with E-state index in [1.165, 1.54) is 6.42 Å². The Labute approximate surface area is 204 Å². The second kappa shape index (κ2) is 8.57. The van der Waals surface area contributed by atoms with Crippen molar-refractivity contribution in [2.45, 2.75) is 76.8 Å². The zero-order valence-corrected chi connectivity index (χ0v) is 20.6. The second-order valence-corrected chi connectivity index (χ2v) is 11.0. The molecule has 4 aliphatic heterocycles. The summed E-state index contributed by atoms with van der Waals surface area (Å²) in [6, 6.07) is 7.59. The minimum absolute atomic E-state index is 0.152. The number of nitrogens with zero attached hydrogens (tertiary/aromatic N) is 1. The minimum atomic E-state index is -0.779. The molecule has 8 atom stereocenters. The number of ether oxygens (including phenoxy) is 3. The molecule has 5 aliphatic rings. The Morgan fingerprint density at radius 1 is 1.09 bits per heavy atom. The summed E-state index contributed by atoms with van der Waals surface area (Å²) in [5, 5.41) is 4.88. The number of hydrogen-bond acceptors (Lipinski definition) is 7. The average Bonchev–Trinajstić information content (AvgIpc) is 3.17. The van der Waals surface area contributed by atoms with Crippen LogP contribution in [0, 0.1) is 23.7 Å². The predicted molar refractivity (Wildman–Crippen MR) is 123 cm³/mol. The molecule has 0 unspecified atom stereocenters. The quantitative estimate of drug-likeness (QED) is 0.494. The van der Waals surface area contributed by atoms with Crippen LogP contribution in [0.15, 0.2) is 35.1 Å². The van der Waals surface area contributed by atoms with E-state index in [4.69, 9.17) is 40.1 Å². The lowest BCUT2D eigenvalue weighted by atomic mass is 9.58. The van der Waals surface area contributed by atoms with Gasteiger partial charge in [0.15, 0.2) is 18.2 Å². The van der Waals surface area contributed by atoms with Gasteiger partial charge in [-0.2, -0.15) is 0 Å². The Balaban J connectivity index is 1.18. The molecule has 7 nitrogen and oxygen atoms in total. The summed E-state index contributed by atoms with van der Waals surface area (Å²) < 4.78 is 24.5. The van der Waals surface area contributed by atoms with E-state index in [2.05, 4.69) is 19.0 Å². The van der Waals surface area contributed by atoms with E-state index >= 15 is 0 Å². The van der Waals surface area contributed by atoms with Crippen LogP contribution in [0.1, 0.15) is 52.0 Å². The zero-order valence-electron chi connectivity index (χ0n) is 19.9. The van der Waals surface area contributed by atoms with Gasteiger partial charge in [-0.05, 0) is 50.2 Å². The number of fused-ring (bicyclic) bond motifs is 2. The molecule has 1 aliphatic carbocycles. The minimum Gasteiger partial charge on any atom is -0.364 e. The van der Waals surface area contributed by atoms with Crippen molar-refractivity contribution in [1.29, 1.82) is 0 Å². The lowest BCUT2D eigenvalue weighted by molar-refractivity contribution is -0.577. The largest absolute Gasteiger partial charge is 0.364 e. The molecule has 0 N–H and O–H groups in total. The molecule has 5 heterocycles. The molecule has 1 aromatic carbocycles. The molecule has 8 heteroatoms. The van der Waals surface area contributed by atoms with Gasteiger partial charge in [-0.25, -0.2) is 9.78 Å². The highest BCUT2D eigenvalue weighted by Gasteiger charge is 2.69. The van der Waals surface area contributed by atoms with Crippen LogP contribution in [0.4, 0.5) is 0 Å². The van der Waals surface area contributed by atoms with Gasteiger partial charge in [0.2, 0.25) is 5.79 Å². The monoisotopic (exact) mass is 489 g/mol. The third-order valence-electron chi connectivity index (χ3n) is 8.51. The summed E-state index contributed by atoms with van der Waals surface area (Å²) in [6.45, 7) is 6.95. The topological polar surface area (TPSA) is 72.2 Å². The van der Waals surface area contributed by atoms with Gasteiger partial charge in [0.05, 0.1) is 6.61 Å². The van der Waals surface area contributed by atoms with Crippen LogP contribution in [-0.2, 0) is 30.4 Å². The first-order valence-electron chi connectivity index (χ1n) is 12.4. The molecule has 1 spiro atoms. The van der Waals surface area contributed by atoms with E-state index in [0.29, 0.717) is 29.9 Å². The van der Waals surface area contributed by atoms with Crippen molar-refractivity contribution in [3.8, 4) is 11.3 Å². The van der Waals surface area contributed by atoms with Gasteiger partial charge in [-0.3, -0.25) is 0 Å². The summed E-state index contributed by atoms with van der Waals surface area (Å²) in [5.74, 6) is 0.514. The van der Waals surface area contributed by atoms with Crippen LogP contribution in [0.25, 0.3) is 11.3 Å². The first kappa shape index (κ1) is 23.0. The van der Waals surface area contributed by atoms with Crippen LogP contribution in [0.2, 0.25) is 5.02 Å². The van der Waals surface area contributed by atoms with Crippen molar-refractivity contribution in [3.63, 3.8) is 0 Å². The fraction of sp³-hybridized carbons (Fsp3) is 0.654. The highest BCUT2D eigenvalue weighted by Crippen LogP contribution is 2.60. The number of rotatable bonds is 5. The third kappa shape index (κ3) is 3.64. The molecular formula is C26H32ClNO6. The molecule has 0 amide bonds. The van der Waals surface area contributed by atoms with E-state index in [1.807, 2.05) is 31.2 Å². The van der Waals surface area contributed by atoms with Gasteiger partial charge >= 0.3 is 0 Å². The molecular weight excluding hydrogens is 458 g/mol. The van der Waals surface area contributed by atoms with E-state index in [-0.39, 0.29) is 18.1 Å². The molecule has 0 radical (unpaired) electrons. The number of hydrogen-bond donors (Lipinski definition) is 0. The fourth-order valence-corrected chi connectivity index (χ4v) is 6.75. The maximum Gasteiger partial charge on any atom is 0.201 e. The molecule has 2 aromatic rings. The first-order valence-corrected chi connectivity index (χ1v) is 12.8. The Morgan fingerprint density at radius 3 is 2.74 bits per heavy atom. The molecule has 1 saturated carbocycles. The summed E-state index contributed by atoms with van der Waals surface area (Å²) in [7, 11) is 0. The molecule has 1 aromatic heterocycles. The highest BCUT2D eigenvalue weighted by atomic mass is 35.5. The summed E-state index contributed by atoms with van der Waals surface area (Å²) in [6.07, 6.45) is 5.52. The van der Waals surface area contributed by atoms with E-state index in [1.54, 1.807) is 6.26 Å². The van der Waals surface area contributed by atoms with Crippen LogP contribution in [0.5, 0.6) is 0 Å². The van der Waals surface area contributed by atoms with E-state index in [0.717, 1.165) is 36.1 Å². The van der Waals surface area contributed by atoms with Gasteiger partial charge < -0.3 is 18.7 Å². The third-order valence-corrected chi connectivity index (χ3v) is 8.76. The smallest absolute Gasteiger partial charge is 0.201 e. The average molecular weight is 490 g/mol. The van der Waals surface area contributed by atoms with Crippen molar-refractivity contribution in [1.82, 2.24) is 5.16 Å². The molecule has 34 heavy (non-hydrogen) atoms. The summed E-state index contributed by atoms with van der Waals surface area (Å²) >= 11 is 6.03. The lowest BCUT2D eigenvalue weighted by Gasteiger charge is -2.60. The van der Waals surface area contributed by atoms with Gasteiger partial charge in [0, 0.05) is 40.8 Å². The van der Waals surface area contributed by atoms with Crippen molar-refractivity contribution in [2.75, 3.05) is 6.61 Å². The number of aromatic nitrogens is 1.